The highest BCUT2D eigenvalue weighted by atomic mass is 79.9. The van der Waals surface area contributed by atoms with Crippen molar-refractivity contribution < 1.29 is 24.2 Å². The van der Waals surface area contributed by atoms with Gasteiger partial charge in [-0.3, -0.25) is 15.0 Å². The van der Waals surface area contributed by atoms with Gasteiger partial charge in [-0.15, -0.1) is 0 Å². The van der Waals surface area contributed by atoms with E-state index in [0.29, 0.717) is 27.1 Å². The van der Waals surface area contributed by atoms with Gasteiger partial charge in [-0.2, -0.15) is 0 Å². The van der Waals surface area contributed by atoms with Gasteiger partial charge in [-0.05, 0) is 70.4 Å². The number of fused-ring (bicyclic) bond motifs is 1. The molecule has 2 N–H and O–H groups in total. The van der Waals surface area contributed by atoms with Crippen molar-refractivity contribution in [2.75, 3.05) is 0 Å². The van der Waals surface area contributed by atoms with Gasteiger partial charge >= 0.3 is 5.97 Å². The molecule has 0 aliphatic rings. The SMILES string of the molecule is O=C(NN(C(=O)c1cccc(Br)c1)C(Cc1ccc(-c2ccccc2Oc2ccccc2)cc1)C(=O)O)c1ccc2ccccc2c1. The molecule has 0 heterocycles. The molecule has 6 aromatic rings. The van der Waals surface area contributed by atoms with E-state index in [1.54, 1.807) is 36.4 Å². The highest BCUT2D eigenvalue weighted by molar-refractivity contribution is 9.10. The molecule has 0 fully saturated rings. The monoisotopic (exact) mass is 684 g/mol. The summed E-state index contributed by atoms with van der Waals surface area (Å²) in [6.45, 7) is 0. The van der Waals surface area contributed by atoms with Gasteiger partial charge in [0.25, 0.3) is 11.8 Å². The summed E-state index contributed by atoms with van der Waals surface area (Å²) in [5.41, 5.74) is 5.53. The van der Waals surface area contributed by atoms with E-state index in [4.69, 9.17) is 4.74 Å². The van der Waals surface area contributed by atoms with Crippen molar-refractivity contribution in [2.24, 2.45) is 0 Å². The number of carboxylic acids is 1. The first kappa shape index (κ1) is 31.3. The lowest BCUT2D eigenvalue weighted by Crippen LogP contribution is -2.55. The molecule has 8 heteroatoms. The molecule has 0 saturated heterocycles. The third kappa shape index (κ3) is 7.40. The zero-order valence-electron chi connectivity index (χ0n) is 25.0. The van der Waals surface area contributed by atoms with Crippen LogP contribution in [0.3, 0.4) is 0 Å². The topological polar surface area (TPSA) is 95.9 Å². The Hall–Kier alpha value is -5.73. The molecule has 0 aliphatic heterocycles. The Morgan fingerprint density at radius 3 is 2.15 bits per heavy atom. The summed E-state index contributed by atoms with van der Waals surface area (Å²) in [4.78, 5) is 40.2. The second-order valence-corrected chi connectivity index (χ2v) is 11.8. The van der Waals surface area contributed by atoms with E-state index >= 15 is 0 Å². The first-order chi connectivity index (χ1) is 22.9. The third-order valence-corrected chi connectivity index (χ3v) is 8.17. The van der Waals surface area contributed by atoms with Crippen LogP contribution in [0.15, 0.2) is 150 Å². The van der Waals surface area contributed by atoms with Crippen molar-refractivity contribution in [1.82, 2.24) is 10.4 Å². The third-order valence-electron chi connectivity index (χ3n) is 7.67. The van der Waals surface area contributed by atoms with Crippen molar-refractivity contribution in [2.45, 2.75) is 12.5 Å². The lowest BCUT2D eigenvalue weighted by Gasteiger charge is -2.29. The number of carbonyl (C=O) groups is 3. The number of nitrogens with zero attached hydrogens (tertiary/aromatic N) is 1. The molecule has 0 aliphatic carbocycles. The largest absolute Gasteiger partial charge is 0.480 e. The van der Waals surface area contributed by atoms with E-state index in [1.807, 2.05) is 109 Å². The minimum atomic E-state index is -1.41. The van der Waals surface area contributed by atoms with E-state index in [1.165, 1.54) is 0 Å². The molecule has 47 heavy (non-hydrogen) atoms. The average Bonchev–Trinajstić information content (AvgIpc) is 3.10. The van der Waals surface area contributed by atoms with Gasteiger partial charge < -0.3 is 9.84 Å². The molecular weight excluding hydrogens is 656 g/mol. The first-order valence-electron chi connectivity index (χ1n) is 14.9. The zero-order chi connectivity index (χ0) is 32.8. The maximum absolute atomic E-state index is 13.9. The van der Waals surface area contributed by atoms with E-state index in [2.05, 4.69) is 21.4 Å². The van der Waals surface area contributed by atoms with Gasteiger partial charge in [0.15, 0.2) is 6.04 Å². The molecule has 2 amide bonds. The van der Waals surface area contributed by atoms with Crippen LogP contribution in [0, 0.1) is 0 Å². The summed E-state index contributed by atoms with van der Waals surface area (Å²) in [5.74, 6) is -1.14. The first-order valence-corrected chi connectivity index (χ1v) is 15.7. The normalized spacial score (nSPS) is 11.4. The molecule has 0 spiro atoms. The lowest BCUT2D eigenvalue weighted by atomic mass is 9.99. The summed E-state index contributed by atoms with van der Waals surface area (Å²) in [5, 5.41) is 13.1. The predicted octanol–water partition coefficient (Wildman–Crippen LogP) is 8.54. The highest BCUT2D eigenvalue weighted by Crippen LogP contribution is 2.33. The fourth-order valence-corrected chi connectivity index (χ4v) is 5.68. The second-order valence-electron chi connectivity index (χ2n) is 10.9. The minimum absolute atomic E-state index is 0.0600. The fourth-order valence-electron chi connectivity index (χ4n) is 5.28. The number of nitrogens with one attached hydrogen (secondary N) is 1. The number of carboxylic acid groups (broad SMARTS) is 1. The number of carbonyl (C=O) groups excluding carboxylic acids is 2. The molecule has 7 nitrogen and oxygen atoms in total. The Balaban J connectivity index is 1.28. The zero-order valence-corrected chi connectivity index (χ0v) is 26.6. The Labute approximate surface area is 280 Å². The molecule has 6 aromatic carbocycles. The van der Waals surface area contributed by atoms with Crippen LogP contribution in [-0.4, -0.2) is 33.9 Å². The maximum Gasteiger partial charge on any atom is 0.328 e. The van der Waals surface area contributed by atoms with Crippen molar-refractivity contribution in [1.29, 1.82) is 0 Å². The molecule has 1 atom stereocenters. The number of halogens is 1. The van der Waals surface area contributed by atoms with Crippen LogP contribution < -0.4 is 10.2 Å². The number of para-hydroxylation sites is 2. The molecule has 0 aromatic heterocycles. The molecule has 0 saturated carbocycles. The van der Waals surface area contributed by atoms with E-state index < -0.39 is 23.8 Å². The van der Waals surface area contributed by atoms with Crippen LogP contribution in [0.25, 0.3) is 21.9 Å². The summed E-state index contributed by atoms with van der Waals surface area (Å²) < 4.78 is 6.77. The van der Waals surface area contributed by atoms with Gasteiger partial charge in [-0.25, -0.2) is 9.80 Å². The quantitative estimate of drug-likeness (QED) is 0.149. The number of aliphatic carboxylic acids is 1. The Kier molecular flexibility index (Phi) is 9.41. The predicted molar refractivity (Wildman–Crippen MR) is 185 cm³/mol. The standard InChI is InChI=1S/C39H29BrN2O5/c40-32-12-8-11-31(25-32)38(44)42(41-37(43)30-22-21-27-9-4-5-10-29(27)24-30)35(39(45)46)23-26-17-19-28(20-18-26)34-15-6-7-16-36(34)47-33-13-2-1-3-14-33/h1-22,24-25,35H,23H2,(H,41,43)(H,45,46). The van der Waals surface area contributed by atoms with E-state index in [0.717, 1.165) is 26.9 Å². The number of hydrazine groups is 1. The number of benzene rings is 6. The average molecular weight is 686 g/mol. The smallest absolute Gasteiger partial charge is 0.328 e. The minimum Gasteiger partial charge on any atom is -0.480 e. The number of ether oxygens (including phenoxy) is 1. The Morgan fingerprint density at radius 1 is 0.702 bits per heavy atom. The van der Waals surface area contributed by atoms with Gasteiger partial charge in [0.2, 0.25) is 0 Å². The van der Waals surface area contributed by atoms with Crippen molar-refractivity contribution >= 4 is 44.5 Å². The summed E-state index contributed by atoms with van der Waals surface area (Å²) in [6, 6.07) is 42.5. The number of hydrogen-bond donors (Lipinski definition) is 2. The van der Waals surface area contributed by atoms with Crippen LogP contribution >= 0.6 is 15.9 Å². The molecule has 232 valence electrons. The van der Waals surface area contributed by atoms with Crippen molar-refractivity contribution in [3.8, 4) is 22.6 Å². The van der Waals surface area contributed by atoms with E-state index in [-0.39, 0.29) is 12.0 Å². The van der Waals surface area contributed by atoms with Gasteiger partial charge in [0.1, 0.15) is 11.5 Å². The lowest BCUT2D eigenvalue weighted by molar-refractivity contribution is -0.143. The molecule has 0 radical (unpaired) electrons. The van der Waals surface area contributed by atoms with Crippen LogP contribution in [0.4, 0.5) is 0 Å². The van der Waals surface area contributed by atoms with Gasteiger partial charge in [-0.1, -0.05) is 113 Å². The van der Waals surface area contributed by atoms with Crippen LogP contribution in [0.5, 0.6) is 11.5 Å². The Morgan fingerprint density at radius 2 is 1.40 bits per heavy atom. The van der Waals surface area contributed by atoms with E-state index in [9.17, 15) is 19.5 Å². The maximum atomic E-state index is 13.9. The number of rotatable bonds is 9. The molecular formula is C39H29BrN2O5. The van der Waals surface area contributed by atoms with Crippen molar-refractivity contribution in [3.63, 3.8) is 0 Å². The molecule has 6 rings (SSSR count). The Bertz CT molecular complexity index is 2060. The summed E-state index contributed by atoms with van der Waals surface area (Å²) >= 11 is 3.38. The van der Waals surface area contributed by atoms with Crippen LogP contribution in [-0.2, 0) is 11.2 Å². The summed E-state index contributed by atoms with van der Waals surface area (Å²) in [6.07, 6.45) is -0.0600. The number of hydrogen-bond acceptors (Lipinski definition) is 4. The van der Waals surface area contributed by atoms with Crippen LogP contribution in [0.2, 0.25) is 0 Å². The molecule has 0 bridgehead atoms. The van der Waals surface area contributed by atoms with Crippen LogP contribution in [0.1, 0.15) is 26.3 Å². The highest BCUT2D eigenvalue weighted by Gasteiger charge is 2.33. The van der Waals surface area contributed by atoms with Gasteiger partial charge in [0, 0.05) is 27.6 Å². The van der Waals surface area contributed by atoms with Gasteiger partial charge in [0.05, 0.1) is 0 Å². The summed E-state index contributed by atoms with van der Waals surface area (Å²) in [7, 11) is 0. The van der Waals surface area contributed by atoms with Crippen molar-refractivity contribution in [3.05, 3.63) is 167 Å². The fraction of sp³-hybridized carbons (Fsp3) is 0.0513. The number of amides is 2. The molecule has 1 unspecified atom stereocenters. The second kappa shape index (κ2) is 14.1.